The second-order valence-corrected chi connectivity index (χ2v) is 3.77. The molecule has 0 fully saturated rings. The molecule has 1 amide bonds. The van der Waals surface area contributed by atoms with Crippen molar-refractivity contribution < 1.29 is 4.79 Å². The van der Waals surface area contributed by atoms with Crippen LogP contribution in [0.5, 0.6) is 0 Å². The van der Waals surface area contributed by atoms with Crippen molar-refractivity contribution in [2.24, 2.45) is 5.73 Å². The number of carbonyl (C=O) groups excluding carboxylic acids is 1. The number of aromatic nitrogens is 1. The number of H-pyrrole nitrogens is 1. The van der Waals surface area contributed by atoms with Crippen LogP contribution in [0.4, 0.5) is 0 Å². The summed E-state index contributed by atoms with van der Waals surface area (Å²) in [6.07, 6.45) is 0.735. The van der Waals surface area contributed by atoms with Gasteiger partial charge in [-0.25, -0.2) is 0 Å². The van der Waals surface area contributed by atoms with Crippen molar-refractivity contribution in [1.29, 1.82) is 0 Å². The molecular formula is C11H17N3O2. The first-order valence-electron chi connectivity index (χ1n) is 5.23. The molecule has 0 saturated carbocycles. The fourth-order valence-corrected chi connectivity index (χ4v) is 1.40. The summed E-state index contributed by atoms with van der Waals surface area (Å²) in [5, 5.41) is 0. The van der Waals surface area contributed by atoms with E-state index in [9.17, 15) is 9.59 Å². The van der Waals surface area contributed by atoms with Crippen LogP contribution in [0.15, 0.2) is 23.0 Å². The third-order valence-corrected chi connectivity index (χ3v) is 2.56. The number of aromatic amines is 1. The van der Waals surface area contributed by atoms with Crippen molar-refractivity contribution in [3.63, 3.8) is 0 Å². The average Bonchev–Trinajstić information content (AvgIpc) is 2.27. The first kappa shape index (κ1) is 12.4. The van der Waals surface area contributed by atoms with Gasteiger partial charge in [-0.2, -0.15) is 0 Å². The van der Waals surface area contributed by atoms with Crippen LogP contribution in [0.25, 0.3) is 0 Å². The lowest BCUT2D eigenvalue weighted by atomic mass is 10.2. The van der Waals surface area contributed by atoms with Gasteiger partial charge in [-0.15, -0.1) is 0 Å². The summed E-state index contributed by atoms with van der Waals surface area (Å²) < 4.78 is 0. The van der Waals surface area contributed by atoms with Gasteiger partial charge in [0.15, 0.2) is 0 Å². The minimum atomic E-state index is -0.272. The Labute approximate surface area is 94.3 Å². The van der Waals surface area contributed by atoms with Gasteiger partial charge in [-0.1, -0.05) is 6.07 Å². The fourth-order valence-electron chi connectivity index (χ4n) is 1.40. The summed E-state index contributed by atoms with van der Waals surface area (Å²) in [4.78, 5) is 27.1. The highest BCUT2D eigenvalue weighted by Gasteiger charge is 2.17. The van der Waals surface area contributed by atoms with Gasteiger partial charge in [0.2, 0.25) is 5.56 Å². The molecule has 0 aliphatic carbocycles. The van der Waals surface area contributed by atoms with Crippen LogP contribution in [0.1, 0.15) is 23.8 Å². The Kier molecular flexibility index (Phi) is 4.25. The zero-order chi connectivity index (χ0) is 12.1. The Bertz CT molecular complexity index is 414. The number of nitrogens with one attached hydrogen (secondary N) is 1. The van der Waals surface area contributed by atoms with Crippen molar-refractivity contribution in [3.8, 4) is 0 Å². The number of hydrogen-bond donors (Lipinski definition) is 2. The zero-order valence-electron chi connectivity index (χ0n) is 9.56. The van der Waals surface area contributed by atoms with E-state index in [1.165, 1.54) is 6.07 Å². The molecule has 0 bridgehead atoms. The maximum absolute atomic E-state index is 11.9. The number of pyridine rings is 1. The van der Waals surface area contributed by atoms with Crippen LogP contribution in [0, 0.1) is 0 Å². The minimum absolute atomic E-state index is 0.0567. The topological polar surface area (TPSA) is 79.2 Å². The maximum Gasteiger partial charge on any atom is 0.270 e. The molecule has 1 atom stereocenters. The van der Waals surface area contributed by atoms with Crippen molar-refractivity contribution in [3.05, 3.63) is 34.2 Å². The minimum Gasteiger partial charge on any atom is -0.338 e. The monoisotopic (exact) mass is 223 g/mol. The molecule has 1 aromatic rings. The van der Waals surface area contributed by atoms with E-state index in [-0.39, 0.29) is 17.5 Å². The third-order valence-electron chi connectivity index (χ3n) is 2.56. The third kappa shape index (κ3) is 2.93. The Hall–Kier alpha value is -1.62. The number of hydrogen-bond acceptors (Lipinski definition) is 3. The standard InChI is InChI=1S/C11H17N3O2/c1-8(6-7-12)14(2)11(16)9-4-3-5-10(15)13-9/h3-5,8H,6-7,12H2,1-2H3,(H,13,15). The molecule has 0 radical (unpaired) electrons. The summed E-state index contributed by atoms with van der Waals surface area (Å²) in [5.74, 6) is -0.196. The van der Waals surface area contributed by atoms with E-state index in [2.05, 4.69) is 4.98 Å². The zero-order valence-corrected chi connectivity index (χ0v) is 9.56. The Morgan fingerprint density at radius 1 is 1.56 bits per heavy atom. The van der Waals surface area contributed by atoms with Crippen molar-refractivity contribution in [2.75, 3.05) is 13.6 Å². The molecule has 1 rings (SSSR count). The van der Waals surface area contributed by atoms with E-state index in [0.717, 1.165) is 6.42 Å². The van der Waals surface area contributed by atoms with Gasteiger partial charge in [-0.05, 0) is 26.0 Å². The Morgan fingerprint density at radius 2 is 2.25 bits per heavy atom. The van der Waals surface area contributed by atoms with E-state index in [1.807, 2.05) is 6.92 Å². The summed E-state index contributed by atoms with van der Waals surface area (Å²) in [6.45, 7) is 2.45. The van der Waals surface area contributed by atoms with Crippen LogP contribution in [-0.4, -0.2) is 35.4 Å². The number of rotatable bonds is 4. The molecule has 1 aromatic heterocycles. The number of nitrogens with two attached hydrogens (primary N) is 1. The van der Waals surface area contributed by atoms with Gasteiger partial charge in [0.05, 0.1) is 0 Å². The lowest BCUT2D eigenvalue weighted by molar-refractivity contribution is 0.0733. The average molecular weight is 223 g/mol. The highest BCUT2D eigenvalue weighted by molar-refractivity contribution is 5.92. The van der Waals surface area contributed by atoms with Gasteiger partial charge in [-0.3, -0.25) is 9.59 Å². The molecule has 5 nitrogen and oxygen atoms in total. The van der Waals surface area contributed by atoms with E-state index in [1.54, 1.807) is 24.1 Å². The molecule has 0 spiro atoms. The Morgan fingerprint density at radius 3 is 2.81 bits per heavy atom. The number of carbonyl (C=O) groups is 1. The number of nitrogens with zero attached hydrogens (tertiary/aromatic N) is 1. The molecule has 0 aliphatic heterocycles. The van der Waals surface area contributed by atoms with Crippen molar-refractivity contribution in [1.82, 2.24) is 9.88 Å². The molecule has 0 saturated heterocycles. The molecule has 88 valence electrons. The summed E-state index contributed by atoms with van der Waals surface area (Å²) in [7, 11) is 1.70. The SMILES string of the molecule is CC(CCN)N(C)C(=O)c1cccc(=O)[nH]1. The van der Waals surface area contributed by atoms with E-state index in [4.69, 9.17) is 5.73 Å². The molecule has 5 heteroatoms. The van der Waals surface area contributed by atoms with Crippen LogP contribution in [0.2, 0.25) is 0 Å². The van der Waals surface area contributed by atoms with Gasteiger partial charge < -0.3 is 15.6 Å². The molecule has 1 heterocycles. The molecule has 16 heavy (non-hydrogen) atoms. The molecule has 0 aliphatic rings. The number of amides is 1. The van der Waals surface area contributed by atoms with E-state index in [0.29, 0.717) is 12.2 Å². The van der Waals surface area contributed by atoms with E-state index >= 15 is 0 Å². The lowest BCUT2D eigenvalue weighted by Crippen LogP contribution is -2.37. The normalized spacial score (nSPS) is 12.2. The predicted molar refractivity (Wildman–Crippen MR) is 62.3 cm³/mol. The molecule has 3 N–H and O–H groups in total. The second kappa shape index (κ2) is 5.46. The van der Waals surface area contributed by atoms with Crippen molar-refractivity contribution >= 4 is 5.91 Å². The maximum atomic E-state index is 11.9. The lowest BCUT2D eigenvalue weighted by Gasteiger charge is -2.24. The molecule has 0 aromatic carbocycles. The first-order valence-corrected chi connectivity index (χ1v) is 5.23. The molecular weight excluding hydrogens is 206 g/mol. The van der Waals surface area contributed by atoms with Crippen LogP contribution in [-0.2, 0) is 0 Å². The predicted octanol–water partition coefficient (Wildman–Crippen LogP) is 0.184. The van der Waals surface area contributed by atoms with E-state index < -0.39 is 0 Å². The van der Waals surface area contributed by atoms with Crippen LogP contribution < -0.4 is 11.3 Å². The first-order chi connectivity index (χ1) is 7.56. The summed E-state index contributed by atoms with van der Waals surface area (Å²) in [6, 6.07) is 4.59. The largest absolute Gasteiger partial charge is 0.338 e. The Balaban J connectivity index is 2.81. The quantitative estimate of drug-likeness (QED) is 0.764. The smallest absolute Gasteiger partial charge is 0.270 e. The highest BCUT2D eigenvalue weighted by atomic mass is 16.2. The fraction of sp³-hybridized carbons (Fsp3) is 0.455. The second-order valence-electron chi connectivity index (χ2n) is 3.77. The van der Waals surface area contributed by atoms with Crippen LogP contribution >= 0.6 is 0 Å². The van der Waals surface area contributed by atoms with Crippen molar-refractivity contribution in [2.45, 2.75) is 19.4 Å². The molecule has 1 unspecified atom stereocenters. The summed E-state index contributed by atoms with van der Waals surface area (Å²) in [5.41, 5.74) is 5.47. The van der Waals surface area contributed by atoms with Gasteiger partial charge in [0.1, 0.15) is 5.69 Å². The van der Waals surface area contributed by atoms with Crippen LogP contribution in [0.3, 0.4) is 0 Å². The summed E-state index contributed by atoms with van der Waals surface area (Å²) >= 11 is 0. The highest BCUT2D eigenvalue weighted by Crippen LogP contribution is 2.04. The van der Waals surface area contributed by atoms with Gasteiger partial charge >= 0.3 is 0 Å². The van der Waals surface area contributed by atoms with Gasteiger partial charge in [0, 0.05) is 19.2 Å². The van der Waals surface area contributed by atoms with Gasteiger partial charge in [0.25, 0.3) is 5.91 Å².